The summed E-state index contributed by atoms with van der Waals surface area (Å²) < 4.78 is 30.6. The summed E-state index contributed by atoms with van der Waals surface area (Å²) in [5, 5.41) is 2.85. The summed E-state index contributed by atoms with van der Waals surface area (Å²) in [6, 6.07) is 7.61. The Hall–Kier alpha value is -2.46. The number of anilines is 3. The van der Waals surface area contributed by atoms with E-state index in [4.69, 9.17) is 0 Å². The minimum absolute atomic E-state index is 0.0447. The fourth-order valence-electron chi connectivity index (χ4n) is 4.96. The largest absolute Gasteiger partial charge is 0.371 e. The van der Waals surface area contributed by atoms with Crippen LogP contribution >= 0.6 is 11.9 Å². The molecule has 2 saturated heterocycles. The van der Waals surface area contributed by atoms with Crippen molar-refractivity contribution in [1.29, 1.82) is 0 Å². The number of hydrogen-bond acceptors (Lipinski definition) is 7. The van der Waals surface area contributed by atoms with Gasteiger partial charge in [0.2, 0.25) is 5.95 Å². The molecule has 0 bridgehead atoms. The molecule has 1 aliphatic carbocycles. The van der Waals surface area contributed by atoms with Crippen LogP contribution < -0.4 is 19.8 Å². The number of rotatable bonds is 6. The van der Waals surface area contributed by atoms with Crippen LogP contribution in [0.25, 0.3) is 0 Å². The fraction of sp³-hybridized carbons (Fsp3) is 0.593. The van der Waals surface area contributed by atoms with Crippen molar-refractivity contribution in [2.45, 2.75) is 75.7 Å². The van der Waals surface area contributed by atoms with Gasteiger partial charge in [0.25, 0.3) is 11.8 Å². The molecule has 1 aromatic heterocycles. The van der Waals surface area contributed by atoms with Crippen molar-refractivity contribution in [2.75, 3.05) is 41.3 Å². The number of carbonyl (C=O) groups is 1. The van der Waals surface area contributed by atoms with Crippen LogP contribution in [-0.2, 0) is 0 Å². The van der Waals surface area contributed by atoms with E-state index in [0.29, 0.717) is 16.8 Å². The highest BCUT2D eigenvalue weighted by Gasteiger charge is 2.44. The topological polar surface area (TPSA) is 73.4 Å². The van der Waals surface area contributed by atoms with E-state index in [1.54, 1.807) is 24.2 Å². The SMILES string of the molecule is CC(C)(C)NSc1ccc(C(=O)Nc2nccc(N3CCC(F)(F)CC3)n2)c(N2CCC3(CC2)CC3)c1. The summed E-state index contributed by atoms with van der Waals surface area (Å²) in [4.78, 5) is 27.3. The number of nitrogens with one attached hydrogen (secondary N) is 2. The summed E-state index contributed by atoms with van der Waals surface area (Å²) in [7, 11) is 0. The van der Waals surface area contributed by atoms with Gasteiger partial charge in [-0.1, -0.05) is 0 Å². The molecule has 0 radical (unpaired) electrons. The van der Waals surface area contributed by atoms with Gasteiger partial charge in [-0.25, -0.2) is 13.8 Å². The van der Waals surface area contributed by atoms with Gasteiger partial charge in [-0.05, 0) is 88.1 Å². The molecule has 200 valence electrons. The highest BCUT2D eigenvalue weighted by atomic mass is 32.2. The van der Waals surface area contributed by atoms with Crippen LogP contribution in [0.5, 0.6) is 0 Å². The lowest BCUT2D eigenvalue weighted by Gasteiger charge is -2.35. The van der Waals surface area contributed by atoms with Crippen molar-refractivity contribution in [3.05, 3.63) is 36.0 Å². The van der Waals surface area contributed by atoms with Gasteiger partial charge >= 0.3 is 0 Å². The number of amides is 1. The van der Waals surface area contributed by atoms with Crippen LogP contribution in [0.3, 0.4) is 0 Å². The molecule has 1 amide bonds. The number of halogens is 2. The number of alkyl halides is 2. The van der Waals surface area contributed by atoms with Crippen LogP contribution in [0.15, 0.2) is 35.4 Å². The van der Waals surface area contributed by atoms with E-state index in [2.05, 4.69) is 51.7 Å². The minimum atomic E-state index is -2.63. The molecule has 2 aromatic rings. The highest BCUT2D eigenvalue weighted by molar-refractivity contribution is 7.97. The van der Waals surface area contributed by atoms with Gasteiger partial charge in [0.15, 0.2) is 0 Å². The van der Waals surface area contributed by atoms with Gasteiger partial charge in [-0.2, -0.15) is 4.98 Å². The first kappa shape index (κ1) is 26.2. The van der Waals surface area contributed by atoms with E-state index < -0.39 is 5.92 Å². The molecular formula is C27H36F2N6OS. The maximum absolute atomic E-state index is 13.6. The molecule has 1 aromatic carbocycles. The van der Waals surface area contributed by atoms with Crippen molar-refractivity contribution in [1.82, 2.24) is 14.7 Å². The third-order valence-electron chi connectivity index (χ3n) is 7.50. The van der Waals surface area contributed by atoms with Gasteiger partial charge in [0.1, 0.15) is 5.82 Å². The molecule has 5 rings (SSSR count). The van der Waals surface area contributed by atoms with Crippen molar-refractivity contribution < 1.29 is 13.6 Å². The molecule has 3 aliphatic rings. The van der Waals surface area contributed by atoms with E-state index in [9.17, 15) is 13.6 Å². The molecule has 3 fully saturated rings. The molecule has 0 atom stereocenters. The van der Waals surface area contributed by atoms with Crippen LogP contribution in [0, 0.1) is 5.41 Å². The summed E-state index contributed by atoms with van der Waals surface area (Å²) in [6.45, 7) is 8.67. The molecular weight excluding hydrogens is 494 g/mol. The van der Waals surface area contributed by atoms with Crippen LogP contribution in [0.2, 0.25) is 0 Å². The van der Waals surface area contributed by atoms with Crippen LogP contribution in [0.4, 0.5) is 26.2 Å². The number of hydrogen-bond donors (Lipinski definition) is 2. The molecule has 37 heavy (non-hydrogen) atoms. The van der Waals surface area contributed by atoms with E-state index in [1.165, 1.54) is 12.8 Å². The Bertz CT molecular complexity index is 1130. The minimum Gasteiger partial charge on any atom is -0.371 e. The van der Waals surface area contributed by atoms with Crippen molar-refractivity contribution in [2.24, 2.45) is 5.41 Å². The molecule has 2 N–H and O–H groups in total. The second-order valence-electron chi connectivity index (χ2n) is 11.7. The van der Waals surface area contributed by atoms with Crippen molar-refractivity contribution in [3.8, 4) is 0 Å². The lowest BCUT2D eigenvalue weighted by molar-refractivity contribution is -0.0221. The summed E-state index contributed by atoms with van der Waals surface area (Å²) in [6.07, 6.45) is 6.12. The Kier molecular flexibility index (Phi) is 7.08. The lowest BCUT2D eigenvalue weighted by Crippen LogP contribution is -2.39. The maximum Gasteiger partial charge on any atom is 0.260 e. The van der Waals surface area contributed by atoms with E-state index >= 15 is 0 Å². The summed E-state index contributed by atoms with van der Waals surface area (Å²) in [5.41, 5.74) is 1.99. The van der Waals surface area contributed by atoms with Gasteiger partial charge in [-0.15, -0.1) is 0 Å². The average molecular weight is 531 g/mol. The van der Waals surface area contributed by atoms with E-state index in [-0.39, 0.29) is 43.3 Å². The predicted molar refractivity (Wildman–Crippen MR) is 145 cm³/mol. The van der Waals surface area contributed by atoms with E-state index in [1.807, 2.05) is 17.0 Å². The van der Waals surface area contributed by atoms with Gasteiger partial charge in [0.05, 0.1) is 11.3 Å². The van der Waals surface area contributed by atoms with Crippen LogP contribution in [0.1, 0.15) is 69.7 Å². The third kappa shape index (κ3) is 6.52. The Morgan fingerprint density at radius 1 is 0.973 bits per heavy atom. The molecule has 3 heterocycles. The Morgan fingerprint density at radius 2 is 1.65 bits per heavy atom. The highest BCUT2D eigenvalue weighted by Crippen LogP contribution is 2.54. The first-order chi connectivity index (χ1) is 17.5. The fourth-order valence-corrected chi connectivity index (χ4v) is 5.69. The van der Waals surface area contributed by atoms with Gasteiger partial charge in [-0.3, -0.25) is 14.8 Å². The maximum atomic E-state index is 13.6. The third-order valence-corrected chi connectivity index (χ3v) is 8.70. The van der Waals surface area contributed by atoms with Crippen molar-refractivity contribution in [3.63, 3.8) is 0 Å². The van der Waals surface area contributed by atoms with Crippen LogP contribution in [-0.4, -0.2) is 53.5 Å². The first-order valence-electron chi connectivity index (χ1n) is 13.1. The monoisotopic (exact) mass is 530 g/mol. The Labute approximate surface area is 221 Å². The number of benzene rings is 1. The molecule has 0 unspecified atom stereocenters. The number of nitrogens with zero attached hydrogens (tertiary/aromatic N) is 4. The molecule has 7 nitrogen and oxygen atoms in total. The normalized spacial score (nSPS) is 20.7. The lowest BCUT2D eigenvalue weighted by atomic mass is 9.93. The second-order valence-corrected chi connectivity index (χ2v) is 12.5. The number of carbonyl (C=O) groups excluding carboxylic acids is 1. The van der Waals surface area contributed by atoms with Gasteiger partial charge in [0, 0.05) is 55.7 Å². The molecule has 1 saturated carbocycles. The Morgan fingerprint density at radius 3 is 2.30 bits per heavy atom. The first-order valence-corrected chi connectivity index (χ1v) is 13.9. The Balaban J connectivity index is 1.34. The molecule has 2 aliphatic heterocycles. The summed E-state index contributed by atoms with van der Waals surface area (Å²) in [5.74, 6) is -2.18. The molecule has 10 heteroatoms. The summed E-state index contributed by atoms with van der Waals surface area (Å²) >= 11 is 1.57. The zero-order valence-corrected chi connectivity index (χ0v) is 22.6. The van der Waals surface area contributed by atoms with E-state index in [0.717, 1.165) is 36.5 Å². The zero-order valence-electron chi connectivity index (χ0n) is 21.8. The zero-order chi connectivity index (χ0) is 26.3. The van der Waals surface area contributed by atoms with Gasteiger partial charge < -0.3 is 9.80 Å². The quantitative estimate of drug-likeness (QED) is 0.462. The standard InChI is InChI=1S/C27H36F2N6OS/c1-25(2,3)33-37-19-4-5-20(21(18-19)34-14-9-26(7-8-26)10-15-34)23(36)32-24-30-13-6-22(31-24)35-16-11-27(28,29)12-17-35/h4-6,13,18,33H,7-12,14-17H2,1-3H3,(H,30,31,32,36). The number of piperidine rings is 2. The predicted octanol–water partition coefficient (Wildman–Crippen LogP) is 5.74. The molecule has 1 spiro atoms. The van der Waals surface area contributed by atoms with Crippen molar-refractivity contribution >= 4 is 35.3 Å². The average Bonchev–Trinajstić information content (AvgIpc) is 3.61. The smallest absolute Gasteiger partial charge is 0.260 e. The number of aromatic nitrogens is 2. The second kappa shape index (κ2) is 10.0.